The maximum Gasteiger partial charge on any atom is 0.403 e. The predicted octanol–water partition coefficient (Wildman–Crippen LogP) is 8.94. The van der Waals surface area contributed by atoms with Crippen LogP contribution in [0.5, 0.6) is 0 Å². The first-order valence-electron chi connectivity index (χ1n) is 13.7. The van der Waals surface area contributed by atoms with Gasteiger partial charge >= 0.3 is 7.55 Å². The molecule has 42 heavy (non-hydrogen) atoms. The van der Waals surface area contributed by atoms with Crippen LogP contribution in [0.15, 0.2) is 146 Å². The molecule has 0 N–H and O–H groups in total. The molecule has 3 heterocycles. The Bertz CT molecular complexity index is 1890. The van der Waals surface area contributed by atoms with Crippen LogP contribution < -0.4 is 9.62 Å². The first kappa shape index (κ1) is 26.2. The van der Waals surface area contributed by atoms with Crippen molar-refractivity contribution in [3.63, 3.8) is 0 Å². The van der Waals surface area contributed by atoms with Crippen LogP contribution in [0.3, 0.4) is 0 Å². The second-order valence-electron chi connectivity index (χ2n) is 10.2. The van der Waals surface area contributed by atoms with E-state index in [0.717, 1.165) is 34.1 Å². The summed E-state index contributed by atoms with van der Waals surface area (Å²) in [4.78, 5) is 14.1. The Morgan fingerprint density at radius 1 is 0.429 bits per heavy atom. The molecule has 0 fully saturated rings. The number of benzene rings is 5. The first-order chi connectivity index (χ1) is 20.3. The van der Waals surface area contributed by atoms with Gasteiger partial charge in [-0.2, -0.15) is 0 Å². The minimum atomic E-state index is 0. The summed E-state index contributed by atoms with van der Waals surface area (Å²) in [5.41, 5.74) is 6.70. The fraction of sp³-hybridized carbons (Fsp3) is 0. The molecule has 0 unspecified atom stereocenters. The third-order valence-electron chi connectivity index (χ3n) is 7.82. The first-order valence-corrected chi connectivity index (χ1v) is 13.7. The molecular formula is C36H24BIrN4. The van der Waals surface area contributed by atoms with E-state index in [9.17, 15) is 0 Å². The van der Waals surface area contributed by atoms with Crippen LogP contribution in [-0.2, 0) is 20.1 Å². The van der Waals surface area contributed by atoms with Crippen molar-refractivity contribution >= 4 is 52.1 Å². The third kappa shape index (κ3) is 4.46. The van der Waals surface area contributed by atoms with Gasteiger partial charge in [-0.15, -0.1) is 0 Å². The molecule has 0 amide bonds. The van der Waals surface area contributed by atoms with E-state index in [-0.39, 0.29) is 20.1 Å². The van der Waals surface area contributed by atoms with Crippen molar-refractivity contribution in [3.05, 3.63) is 146 Å². The fourth-order valence-corrected chi connectivity index (χ4v) is 5.81. The van der Waals surface area contributed by atoms with Gasteiger partial charge in [0.05, 0.1) is 11.4 Å². The number of fused-ring (bicyclic) bond motifs is 3. The van der Waals surface area contributed by atoms with Crippen LogP contribution in [0.2, 0.25) is 0 Å². The van der Waals surface area contributed by atoms with Gasteiger partial charge in [-0.25, -0.2) is 9.97 Å². The van der Waals surface area contributed by atoms with Crippen LogP contribution in [-0.4, -0.2) is 17.5 Å². The Kier molecular flexibility index (Phi) is 6.79. The minimum absolute atomic E-state index is 0. The molecule has 2 aromatic heterocycles. The molecule has 2 radical (unpaired) electrons. The SMILES string of the molecule is [B]1N(c2ccc(-c3cccc4ccccc34)cn2)c2ccccc2N1c1ccc(-c2cccc3ccccc23)cn1.[Ir]. The molecule has 1 aliphatic rings. The van der Waals surface area contributed by atoms with Crippen molar-refractivity contribution in [2.24, 2.45) is 0 Å². The maximum atomic E-state index is 4.90. The molecule has 4 nitrogen and oxygen atoms in total. The number of pyridine rings is 2. The number of rotatable bonds is 4. The Morgan fingerprint density at radius 2 is 0.857 bits per heavy atom. The molecule has 200 valence electrons. The van der Waals surface area contributed by atoms with E-state index >= 15 is 0 Å². The molecule has 0 saturated heterocycles. The largest absolute Gasteiger partial charge is 0.403 e. The van der Waals surface area contributed by atoms with E-state index in [4.69, 9.17) is 9.97 Å². The summed E-state index contributed by atoms with van der Waals surface area (Å²) in [6.07, 6.45) is 3.93. The maximum absolute atomic E-state index is 4.90. The van der Waals surface area contributed by atoms with E-state index in [1.165, 1.54) is 32.7 Å². The molecule has 0 aliphatic carbocycles. The summed E-state index contributed by atoms with van der Waals surface area (Å²) in [7, 11) is 2.07. The standard InChI is InChI=1S/C36H24BN4.Ir/c1-3-13-29-25(9-1)11-7-15-31(29)27-19-21-35(38-23-27)40-33-17-5-6-18-34(33)41(37-40)36-22-20-28(24-39-36)32-16-8-12-26-10-2-4-14-30(26)32;/h1-24H;. The van der Waals surface area contributed by atoms with Crippen LogP contribution in [0.1, 0.15) is 0 Å². The summed E-state index contributed by atoms with van der Waals surface area (Å²) in [6.45, 7) is 0. The number of nitrogens with zero attached hydrogens (tertiary/aromatic N) is 4. The Hall–Kier alpha value is -4.77. The van der Waals surface area contributed by atoms with Gasteiger partial charge in [-0.1, -0.05) is 97.1 Å². The average molecular weight is 716 g/mol. The molecule has 0 atom stereocenters. The zero-order chi connectivity index (χ0) is 27.2. The zero-order valence-corrected chi connectivity index (χ0v) is 25.0. The molecule has 7 aromatic rings. The summed E-state index contributed by atoms with van der Waals surface area (Å²) in [5.74, 6) is 1.72. The topological polar surface area (TPSA) is 32.3 Å². The van der Waals surface area contributed by atoms with Crippen molar-refractivity contribution in [3.8, 4) is 22.3 Å². The summed E-state index contributed by atoms with van der Waals surface area (Å²) in [6, 6.07) is 46.6. The molecule has 8 rings (SSSR count). The number of para-hydroxylation sites is 2. The second kappa shape index (κ2) is 10.9. The van der Waals surface area contributed by atoms with Gasteiger partial charge in [0.25, 0.3) is 0 Å². The van der Waals surface area contributed by atoms with Crippen LogP contribution in [0, 0.1) is 0 Å². The van der Waals surface area contributed by atoms with Crippen molar-refractivity contribution in [2.75, 3.05) is 9.62 Å². The molecule has 5 aromatic carbocycles. The summed E-state index contributed by atoms with van der Waals surface area (Å²) in [5, 5.41) is 4.91. The molecule has 0 bridgehead atoms. The smallest absolute Gasteiger partial charge is 0.351 e. The number of anilines is 4. The molecule has 0 saturated carbocycles. The fourth-order valence-electron chi connectivity index (χ4n) is 5.81. The number of hydrogen-bond acceptors (Lipinski definition) is 4. The molecule has 1 aliphatic heterocycles. The Labute approximate surface area is 258 Å². The van der Waals surface area contributed by atoms with Crippen molar-refractivity contribution in [1.82, 2.24) is 9.97 Å². The van der Waals surface area contributed by atoms with Crippen LogP contribution >= 0.6 is 0 Å². The third-order valence-corrected chi connectivity index (χ3v) is 7.82. The summed E-state index contributed by atoms with van der Waals surface area (Å²) >= 11 is 0. The van der Waals surface area contributed by atoms with Crippen LogP contribution in [0.25, 0.3) is 43.8 Å². The van der Waals surface area contributed by atoms with Crippen molar-refractivity contribution in [1.29, 1.82) is 0 Å². The average Bonchev–Trinajstić information content (AvgIpc) is 3.44. The van der Waals surface area contributed by atoms with E-state index in [0.29, 0.717) is 0 Å². The minimum Gasteiger partial charge on any atom is -0.351 e. The van der Waals surface area contributed by atoms with Gasteiger partial charge in [-0.05, 0) is 69.1 Å². The van der Waals surface area contributed by atoms with Gasteiger partial charge in [-0.3, -0.25) is 0 Å². The Morgan fingerprint density at radius 3 is 1.31 bits per heavy atom. The second-order valence-corrected chi connectivity index (χ2v) is 10.2. The van der Waals surface area contributed by atoms with Gasteiger partial charge in [0.15, 0.2) is 0 Å². The van der Waals surface area contributed by atoms with Crippen LogP contribution in [0.4, 0.5) is 23.0 Å². The van der Waals surface area contributed by atoms with E-state index in [1.54, 1.807) is 0 Å². The van der Waals surface area contributed by atoms with Gasteiger partial charge in [0, 0.05) is 43.6 Å². The Balaban J connectivity index is 0.00000288. The van der Waals surface area contributed by atoms with E-state index in [2.05, 4.69) is 151 Å². The predicted molar refractivity (Wildman–Crippen MR) is 171 cm³/mol. The van der Waals surface area contributed by atoms with Crippen molar-refractivity contribution < 1.29 is 20.1 Å². The molecule has 0 spiro atoms. The monoisotopic (exact) mass is 716 g/mol. The van der Waals surface area contributed by atoms with E-state index < -0.39 is 0 Å². The van der Waals surface area contributed by atoms with Gasteiger partial charge in [0.2, 0.25) is 0 Å². The van der Waals surface area contributed by atoms with Crippen molar-refractivity contribution in [2.45, 2.75) is 0 Å². The quantitative estimate of drug-likeness (QED) is 0.171. The molecular weight excluding hydrogens is 691 g/mol. The molecule has 6 heteroatoms. The number of aromatic nitrogens is 2. The van der Waals surface area contributed by atoms with Gasteiger partial charge < -0.3 is 9.62 Å². The zero-order valence-electron chi connectivity index (χ0n) is 22.6. The van der Waals surface area contributed by atoms with Gasteiger partial charge in [0.1, 0.15) is 11.6 Å². The van der Waals surface area contributed by atoms with E-state index in [1.807, 2.05) is 12.4 Å². The summed E-state index contributed by atoms with van der Waals surface area (Å²) < 4.78 is 0. The number of hydrogen-bond donors (Lipinski definition) is 0. The normalized spacial score (nSPS) is 12.2.